The number of nitrogens with one attached hydrogen (secondary N) is 1. The van der Waals surface area contributed by atoms with Gasteiger partial charge in [-0.1, -0.05) is 26.0 Å². The zero-order chi connectivity index (χ0) is 30.7. The number of ether oxygens (including phenoxy) is 4. The summed E-state index contributed by atoms with van der Waals surface area (Å²) in [6, 6.07) is 11.7. The smallest absolute Gasteiger partial charge is 0.407 e. The molecule has 232 valence electrons. The molecule has 0 radical (unpaired) electrons. The number of carbonyl (C=O) groups is 2. The SMILES string of the molecule is CCOC(=O)COc1ccc(CC(NC(=O)OC2CCOC2)C(O)CN(CC(C)C)S(=O)(=O)c2ccc(N)cc2)cc1. The highest BCUT2D eigenvalue weighted by Crippen LogP contribution is 2.21. The third-order valence-corrected chi connectivity index (χ3v) is 8.29. The van der Waals surface area contributed by atoms with Crippen LogP contribution in [0.3, 0.4) is 0 Å². The van der Waals surface area contributed by atoms with Crippen LogP contribution in [0.5, 0.6) is 5.75 Å². The predicted octanol–water partition coefficient (Wildman–Crippen LogP) is 2.34. The van der Waals surface area contributed by atoms with Crippen LogP contribution >= 0.6 is 0 Å². The van der Waals surface area contributed by atoms with Gasteiger partial charge in [-0.25, -0.2) is 18.0 Å². The molecule has 1 saturated heterocycles. The Kier molecular flexibility index (Phi) is 12.4. The number of nitrogens with zero attached hydrogens (tertiary/aromatic N) is 1. The second-order valence-electron chi connectivity index (χ2n) is 10.4. The molecule has 42 heavy (non-hydrogen) atoms. The van der Waals surface area contributed by atoms with Crippen molar-refractivity contribution in [2.24, 2.45) is 5.92 Å². The zero-order valence-corrected chi connectivity index (χ0v) is 25.0. The third-order valence-electron chi connectivity index (χ3n) is 6.45. The van der Waals surface area contributed by atoms with E-state index in [1.807, 2.05) is 13.8 Å². The normalized spacial score (nSPS) is 16.7. The maximum absolute atomic E-state index is 13.5. The summed E-state index contributed by atoms with van der Waals surface area (Å²) in [5.74, 6) is -0.0862. The fourth-order valence-corrected chi connectivity index (χ4v) is 5.97. The number of rotatable bonds is 15. The van der Waals surface area contributed by atoms with Crippen LogP contribution in [0.25, 0.3) is 0 Å². The minimum Gasteiger partial charge on any atom is -0.482 e. The van der Waals surface area contributed by atoms with E-state index < -0.39 is 40.3 Å². The highest BCUT2D eigenvalue weighted by atomic mass is 32.2. The van der Waals surface area contributed by atoms with Gasteiger partial charge in [-0.05, 0) is 61.2 Å². The number of hydrogen-bond donors (Lipinski definition) is 3. The van der Waals surface area contributed by atoms with Gasteiger partial charge in [-0.15, -0.1) is 0 Å². The number of amides is 1. The number of esters is 1. The van der Waals surface area contributed by atoms with Gasteiger partial charge >= 0.3 is 12.1 Å². The number of alkyl carbamates (subject to hydrolysis) is 1. The number of nitrogen functional groups attached to an aromatic ring is 1. The molecular formula is C29H41N3O9S. The maximum atomic E-state index is 13.5. The van der Waals surface area contributed by atoms with Crippen molar-refractivity contribution >= 4 is 27.8 Å². The Morgan fingerprint density at radius 3 is 2.40 bits per heavy atom. The number of benzene rings is 2. The van der Waals surface area contributed by atoms with Crippen molar-refractivity contribution in [1.82, 2.24) is 9.62 Å². The second-order valence-corrected chi connectivity index (χ2v) is 12.4. The summed E-state index contributed by atoms with van der Waals surface area (Å²) >= 11 is 0. The van der Waals surface area contributed by atoms with E-state index in [-0.39, 0.29) is 50.1 Å². The maximum Gasteiger partial charge on any atom is 0.407 e. The van der Waals surface area contributed by atoms with Gasteiger partial charge < -0.3 is 35.1 Å². The van der Waals surface area contributed by atoms with Crippen LogP contribution < -0.4 is 15.8 Å². The largest absolute Gasteiger partial charge is 0.482 e. The van der Waals surface area contributed by atoms with Crippen LogP contribution in [-0.2, 0) is 35.4 Å². The zero-order valence-electron chi connectivity index (χ0n) is 24.2. The van der Waals surface area contributed by atoms with Gasteiger partial charge in [-0.2, -0.15) is 4.31 Å². The Labute approximate surface area is 247 Å². The van der Waals surface area contributed by atoms with Crippen LogP contribution in [0.2, 0.25) is 0 Å². The van der Waals surface area contributed by atoms with Crippen molar-refractivity contribution in [3.63, 3.8) is 0 Å². The molecule has 12 nitrogen and oxygen atoms in total. The summed E-state index contributed by atoms with van der Waals surface area (Å²) in [5, 5.41) is 14.1. The monoisotopic (exact) mass is 607 g/mol. The lowest BCUT2D eigenvalue weighted by Crippen LogP contribution is -2.51. The number of carbonyl (C=O) groups excluding carboxylic acids is 2. The van der Waals surface area contributed by atoms with Gasteiger partial charge in [-0.3, -0.25) is 0 Å². The molecule has 2 aromatic rings. The van der Waals surface area contributed by atoms with Gasteiger partial charge in [0.15, 0.2) is 6.61 Å². The van der Waals surface area contributed by atoms with E-state index in [1.54, 1.807) is 31.2 Å². The molecule has 0 bridgehead atoms. The van der Waals surface area contributed by atoms with Crippen molar-refractivity contribution in [2.45, 2.75) is 56.8 Å². The summed E-state index contributed by atoms with van der Waals surface area (Å²) in [5.41, 5.74) is 6.89. The first-order chi connectivity index (χ1) is 20.0. The predicted molar refractivity (Wildman–Crippen MR) is 155 cm³/mol. The number of anilines is 1. The molecule has 4 N–H and O–H groups in total. The first-order valence-corrected chi connectivity index (χ1v) is 15.4. The quantitative estimate of drug-likeness (QED) is 0.202. The number of aliphatic hydroxyl groups excluding tert-OH is 1. The first-order valence-electron chi connectivity index (χ1n) is 13.9. The second kappa shape index (κ2) is 15.7. The van der Waals surface area contributed by atoms with Gasteiger partial charge in [0.05, 0.1) is 36.9 Å². The fourth-order valence-electron chi connectivity index (χ4n) is 4.35. The molecule has 0 aliphatic carbocycles. The Bertz CT molecular complexity index is 1250. The summed E-state index contributed by atoms with van der Waals surface area (Å²) in [6.07, 6.45) is -1.70. The van der Waals surface area contributed by atoms with Gasteiger partial charge in [0.1, 0.15) is 11.9 Å². The topological polar surface area (TPSA) is 167 Å². The summed E-state index contributed by atoms with van der Waals surface area (Å²) in [7, 11) is -3.98. The number of sulfonamides is 1. The van der Waals surface area contributed by atoms with E-state index in [0.717, 1.165) is 5.56 Å². The Hall–Kier alpha value is -3.39. The highest BCUT2D eigenvalue weighted by molar-refractivity contribution is 7.89. The lowest BCUT2D eigenvalue weighted by atomic mass is 10.0. The van der Waals surface area contributed by atoms with Crippen molar-refractivity contribution < 1.29 is 42.1 Å². The average molecular weight is 608 g/mol. The molecule has 3 unspecified atom stereocenters. The Morgan fingerprint density at radius 1 is 1.12 bits per heavy atom. The molecule has 1 aliphatic rings. The molecule has 0 spiro atoms. The summed E-state index contributed by atoms with van der Waals surface area (Å²) in [4.78, 5) is 24.4. The first kappa shape index (κ1) is 33.1. The van der Waals surface area contributed by atoms with E-state index >= 15 is 0 Å². The summed E-state index contributed by atoms with van der Waals surface area (Å²) in [6.45, 7) is 6.12. The van der Waals surface area contributed by atoms with E-state index in [1.165, 1.54) is 28.6 Å². The van der Waals surface area contributed by atoms with Crippen LogP contribution in [-0.4, -0.2) is 87.7 Å². The molecule has 1 aliphatic heterocycles. The molecule has 0 aromatic heterocycles. The average Bonchev–Trinajstić information content (AvgIpc) is 3.45. The molecule has 1 heterocycles. The molecule has 1 amide bonds. The van der Waals surface area contributed by atoms with Crippen LogP contribution in [0.4, 0.5) is 10.5 Å². The minimum absolute atomic E-state index is 0.0401. The Balaban J connectivity index is 1.78. The molecule has 2 aromatic carbocycles. The third kappa shape index (κ3) is 10.2. The van der Waals surface area contributed by atoms with E-state index in [0.29, 0.717) is 24.5 Å². The molecule has 1 fully saturated rings. The number of aliphatic hydroxyl groups is 1. The van der Waals surface area contributed by atoms with Crippen molar-refractivity contribution in [1.29, 1.82) is 0 Å². The molecule has 3 rings (SSSR count). The van der Waals surface area contributed by atoms with Crippen molar-refractivity contribution in [2.75, 3.05) is 45.3 Å². The standard InChI is InChI=1S/C29H41N3O9S/c1-4-39-28(34)19-40-23-9-5-21(6-10-23)15-26(31-29(35)41-24-13-14-38-18-24)27(33)17-32(16-20(2)3)42(36,37)25-11-7-22(30)8-12-25/h5-12,20,24,26-27,33H,4,13-19,30H2,1-3H3,(H,31,35). The van der Waals surface area contributed by atoms with Crippen LogP contribution in [0.15, 0.2) is 53.4 Å². The molecule has 0 saturated carbocycles. The number of nitrogens with two attached hydrogens (primary N) is 1. The minimum atomic E-state index is -3.98. The van der Waals surface area contributed by atoms with E-state index in [2.05, 4.69) is 5.32 Å². The fraction of sp³-hybridized carbons (Fsp3) is 0.517. The lowest BCUT2D eigenvalue weighted by Gasteiger charge is -2.30. The molecule has 3 atom stereocenters. The van der Waals surface area contributed by atoms with Gasteiger partial charge in [0.2, 0.25) is 10.0 Å². The van der Waals surface area contributed by atoms with Crippen molar-refractivity contribution in [3.8, 4) is 5.75 Å². The molecule has 13 heteroatoms. The lowest BCUT2D eigenvalue weighted by molar-refractivity contribution is -0.145. The van der Waals surface area contributed by atoms with Crippen LogP contribution in [0.1, 0.15) is 32.8 Å². The Morgan fingerprint density at radius 2 is 1.81 bits per heavy atom. The highest BCUT2D eigenvalue weighted by Gasteiger charge is 2.32. The summed E-state index contributed by atoms with van der Waals surface area (Å²) < 4.78 is 49.3. The van der Waals surface area contributed by atoms with Gasteiger partial charge in [0, 0.05) is 25.2 Å². The van der Waals surface area contributed by atoms with E-state index in [4.69, 9.17) is 24.7 Å². The van der Waals surface area contributed by atoms with Gasteiger partial charge in [0.25, 0.3) is 0 Å². The molecular weight excluding hydrogens is 566 g/mol. The van der Waals surface area contributed by atoms with Crippen LogP contribution in [0, 0.1) is 5.92 Å². The van der Waals surface area contributed by atoms with E-state index in [9.17, 15) is 23.1 Å². The van der Waals surface area contributed by atoms with Crippen molar-refractivity contribution in [3.05, 3.63) is 54.1 Å². The number of hydrogen-bond acceptors (Lipinski definition) is 10.